The number of fused-ring (bicyclic) bond motifs is 1. The number of rotatable bonds is 14. The number of likely N-dealkylation sites (tertiary alicyclic amines) is 1. The summed E-state index contributed by atoms with van der Waals surface area (Å²) in [6.45, 7) is 2.98. The zero-order valence-corrected chi connectivity index (χ0v) is 36.2. The molecule has 330 valence electrons. The molecule has 3 saturated heterocycles. The van der Waals surface area contributed by atoms with Crippen molar-refractivity contribution in [3.8, 4) is 11.5 Å². The molecule has 4 unspecified atom stereocenters. The molecule has 4 saturated carbocycles. The maximum atomic E-state index is 14.7. The van der Waals surface area contributed by atoms with Gasteiger partial charge in [0.05, 0.1) is 12.1 Å². The molecule has 3 aliphatic heterocycles. The number of phenolic OH excluding ortho intramolecular Hbond substituents is 2. The zero-order chi connectivity index (χ0) is 43.2. The van der Waals surface area contributed by atoms with Gasteiger partial charge in [-0.2, -0.15) is 0 Å². The third kappa shape index (κ3) is 8.78. The van der Waals surface area contributed by atoms with Gasteiger partial charge in [-0.3, -0.25) is 24.1 Å². The maximum absolute atomic E-state index is 14.7. The van der Waals surface area contributed by atoms with Crippen LogP contribution in [0, 0.1) is 23.2 Å². The first-order chi connectivity index (χ1) is 30.5. The van der Waals surface area contributed by atoms with Crippen molar-refractivity contribution in [2.45, 2.75) is 101 Å². The number of amides is 4. The molecular formula is C52H61N5O6. The lowest BCUT2D eigenvalue weighted by atomic mass is 9.49. The first-order valence-electron chi connectivity index (χ1n) is 23.5. The highest BCUT2D eigenvalue weighted by Crippen LogP contribution is 2.61. The second-order valence-corrected chi connectivity index (χ2v) is 20.2. The summed E-state index contributed by atoms with van der Waals surface area (Å²) in [6, 6.07) is 28.0. The van der Waals surface area contributed by atoms with E-state index in [4.69, 9.17) is 0 Å². The quantitative estimate of drug-likeness (QED) is 0.131. The van der Waals surface area contributed by atoms with Gasteiger partial charge in [0.1, 0.15) is 11.5 Å². The van der Waals surface area contributed by atoms with Crippen LogP contribution in [-0.2, 0) is 38.4 Å². The van der Waals surface area contributed by atoms with E-state index in [-0.39, 0.29) is 41.1 Å². The van der Waals surface area contributed by atoms with E-state index in [0.29, 0.717) is 52.0 Å². The molecule has 4 amide bonds. The van der Waals surface area contributed by atoms with Crippen molar-refractivity contribution in [3.63, 3.8) is 0 Å². The van der Waals surface area contributed by atoms with Crippen molar-refractivity contribution in [2.75, 3.05) is 39.3 Å². The van der Waals surface area contributed by atoms with Crippen molar-refractivity contribution in [1.29, 1.82) is 0 Å². The zero-order valence-electron chi connectivity index (χ0n) is 36.2. The number of carbonyl (C=O) groups excluding carboxylic acids is 4. The van der Waals surface area contributed by atoms with Gasteiger partial charge in [-0.1, -0.05) is 66.7 Å². The number of phenols is 2. The van der Waals surface area contributed by atoms with E-state index in [9.17, 15) is 29.4 Å². The van der Waals surface area contributed by atoms with Crippen molar-refractivity contribution in [3.05, 3.63) is 108 Å². The first-order valence-corrected chi connectivity index (χ1v) is 23.5. The third-order valence-corrected chi connectivity index (χ3v) is 15.9. The number of nitrogens with zero attached hydrogens (tertiary/aromatic N) is 4. The maximum Gasteiger partial charge on any atom is 0.312 e. The molecule has 7 fully saturated rings. The molecule has 63 heavy (non-hydrogen) atoms. The lowest BCUT2D eigenvalue weighted by molar-refractivity contribution is -0.162. The Hall–Kier alpha value is -5.42. The van der Waals surface area contributed by atoms with Gasteiger partial charge in [-0.25, -0.2) is 0 Å². The number of hydrogen-bond donors (Lipinski definition) is 3. The second-order valence-electron chi connectivity index (χ2n) is 20.2. The normalized spacial score (nSPS) is 28.9. The van der Waals surface area contributed by atoms with Gasteiger partial charge in [-0.05, 0) is 158 Å². The monoisotopic (exact) mass is 851 g/mol. The summed E-state index contributed by atoms with van der Waals surface area (Å²) in [4.78, 5) is 63.8. The minimum Gasteiger partial charge on any atom is -0.508 e. The summed E-state index contributed by atoms with van der Waals surface area (Å²) in [5, 5.41) is 25.4. The molecule has 0 spiro atoms. The van der Waals surface area contributed by atoms with Crippen molar-refractivity contribution in [1.82, 2.24) is 24.9 Å². The average Bonchev–Trinajstić information content (AvgIpc) is 3.71. The number of piperazine rings is 2. The molecule has 11 heteroatoms. The van der Waals surface area contributed by atoms with Crippen molar-refractivity contribution in [2.24, 2.45) is 23.2 Å². The van der Waals surface area contributed by atoms with E-state index < -0.39 is 23.6 Å². The summed E-state index contributed by atoms with van der Waals surface area (Å²) < 4.78 is 0. The van der Waals surface area contributed by atoms with Gasteiger partial charge in [0.2, 0.25) is 0 Å². The number of hydrogen-bond acceptors (Lipinski definition) is 7. The third-order valence-electron chi connectivity index (χ3n) is 15.9. The van der Waals surface area contributed by atoms with Gasteiger partial charge in [-0.15, -0.1) is 0 Å². The highest BCUT2D eigenvalue weighted by Gasteiger charge is 2.52. The Labute approximate surface area is 370 Å². The van der Waals surface area contributed by atoms with Gasteiger partial charge >= 0.3 is 23.6 Å². The van der Waals surface area contributed by atoms with Gasteiger partial charge < -0.3 is 30.2 Å². The Balaban J connectivity index is 0.903. The molecule has 4 aromatic rings. The van der Waals surface area contributed by atoms with E-state index >= 15 is 0 Å². The Kier molecular flexibility index (Phi) is 11.4. The van der Waals surface area contributed by atoms with Crippen molar-refractivity contribution < 1.29 is 29.4 Å². The molecule has 7 aliphatic rings. The van der Waals surface area contributed by atoms with Gasteiger partial charge in [0.15, 0.2) is 0 Å². The lowest BCUT2D eigenvalue weighted by Gasteiger charge is -2.57. The Morgan fingerprint density at radius 1 is 0.667 bits per heavy atom. The van der Waals surface area contributed by atoms with Crippen molar-refractivity contribution >= 4 is 34.4 Å². The van der Waals surface area contributed by atoms with Crippen LogP contribution in [0.5, 0.6) is 11.5 Å². The molecule has 0 radical (unpaired) electrons. The van der Waals surface area contributed by atoms with Crippen LogP contribution in [0.3, 0.4) is 0 Å². The summed E-state index contributed by atoms with van der Waals surface area (Å²) in [7, 11) is 0. The minimum absolute atomic E-state index is 0.0403. The fraction of sp³-hybridized carbons (Fsp3) is 0.500. The van der Waals surface area contributed by atoms with E-state index in [0.717, 1.165) is 71.0 Å². The van der Waals surface area contributed by atoms with Crippen LogP contribution in [0.2, 0.25) is 0 Å². The van der Waals surface area contributed by atoms with Crippen LogP contribution in [0.4, 0.5) is 0 Å². The van der Waals surface area contributed by atoms with Crippen LogP contribution in [-0.4, -0.2) is 117 Å². The lowest BCUT2D eigenvalue weighted by Crippen LogP contribution is -2.65. The van der Waals surface area contributed by atoms with E-state index in [1.165, 1.54) is 38.5 Å². The fourth-order valence-electron chi connectivity index (χ4n) is 13.2. The SMILES string of the molecule is O=C1NCC(Cc2ccc3ccccc3c2)N(CC2CCCN2CC(Cc2ccc(O)cc2)N2CC(Cc3ccc(O)cc3)N(CCC34CC5CC(CC(C5)C3)C4)C(=O)C2=O)C1=O. The van der Waals surface area contributed by atoms with Crippen LogP contribution < -0.4 is 5.32 Å². The number of aromatic hydroxyl groups is 2. The number of carbonyl (C=O) groups is 4. The van der Waals surface area contributed by atoms with Crippen LogP contribution in [0.25, 0.3) is 10.8 Å². The van der Waals surface area contributed by atoms with E-state index in [2.05, 4.69) is 40.5 Å². The standard InChI is InChI=1S/C52H61N5O6/c58-46-13-8-34(9-14-46)24-44(31-54-18-3-6-42(54)32-56-43(30-53-48(60)49(56)61)26-36-7-12-40-4-1-2-5-41(40)23-36)57-33-45(25-35-10-15-47(59)16-11-35)55(50(62)51(57)63)19-17-52-27-37-20-38(28-52)22-39(21-37)29-52/h1-2,4-5,7-16,23,37-39,42-45,58-59H,3,6,17-22,24-33H2,(H,53,60). The highest BCUT2D eigenvalue weighted by atomic mass is 16.3. The topological polar surface area (TPSA) is 134 Å². The van der Waals surface area contributed by atoms with E-state index in [1.807, 2.05) is 46.2 Å². The predicted octanol–water partition coefficient (Wildman–Crippen LogP) is 6.08. The largest absolute Gasteiger partial charge is 0.508 e. The molecule has 3 N–H and O–H groups in total. The van der Waals surface area contributed by atoms with Crippen LogP contribution in [0.15, 0.2) is 91.0 Å². The molecule has 4 aliphatic carbocycles. The molecule has 3 heterocycles. The Morgan fingerprint density at radius 3 is 2.00 bits per heavy atom. The summed E-state index contributed by atoms with van der Waals surface area (Å²) in [6.07, 6.45) is 12.1. The fourth-order valence-corrected chi connectivity index (χ4v) is 13.2. The smallest absolute Gasteiger partial charge is 0.312 e. The molecular weight excluding hydrogens is 791 g/mol. The molecule has 4 bridgehead atoms. The van der Waals surface area contributed by atoms with Crippen LogP contribution >= 0.6 is 0 Å². The summed E-state index contributed by atoms with van der Waals surface area (Å²) >= 11 is 0. The molecule has 4 atom stereocenters. The number of nitrogens with one attached hydrogen (secondary N) is 1. The summed E-state index contributed by atoms with van der Waals surface area (Å²) in [5.74, 6) is 0.750. The number of benzene rings is 4. The Bertz CT molecular complexity index is 2310. The molecule has 11 nitrogen and oxygen atoms in total. The predicted molar refractivity (Wildman–Crippen MR) is 241 cm³/mol. The van der Waals surface area contributed by atoms with Crippen LogP contribution in [0.1, 0.15) is 74.5 Å². The van der Waals surface area contributed by atoms with Gasteiger partial charge in [0, 0.05) is 44.8 Å². The average molecular weight is 852 g/mol. The van der Waals surface area contributed by atoms with Gasteiger partial charge in [0.25, 0.3) is 0 Å². The second kappa shape index (κ2) is 17.3. The summed E-state index contributed by atoms with van der Waals surface area (Å²) in [5.41, 5.74) is 3.32. The Morgan fingerprint density at radius 2 is 1.30 bits per heavy atom. The van der Waals surface area contributed by atoms with E-state index in [1.54, 1.807) is 29.2 Å². The minimum atomic E-state index is -0.579. The first kappa shape index (κ1) is 41.6. The molecule has 0 aromatic heterocycles. The molecule has 11 rings (SSSR count). The molecule has 4 aromatic carbocycles. The highest BCUT2D eigenvalue weighted by molar-refractivity contribution is 6.36.